The standard InChI is InChI=1S/C16H18FNO4/c1-10(19)9-16(17)11-7-5-6-8-12(11)18(13(16)20)14(21)22-15(2,3)4/h5-8H,9H2,1-4H3/t16-/m1/s1. The summed E-state index contributed by atoms with van der Waals surface area (Å²) < 4.78 is 20.3. The molecule has 5 nitrogen and oxygen atoms in total. The molecule has 1 aromatic carbocycles. The van der Waals surface area contributed by atoms with E-state index >= 15 is 4.39 Å². The van der Waals surface area contributed by atoms with Gasteiger partial charge >= 0.3 is 6.09 Å². The van der Waals surface area contributed by atoms with Crippen LogP contribution >= 0.6 is 0 Å². The van der Waals surface area contributed by atoms with Crippen molar-refractivity contribution in [1.29, 1.82) is 0 Å². The van der Waals surface area contributed by atoms with Crippen molar-refractivity contribution in [2.24, 2.45) is 0 Å². The molecule has 0 fully saturated rings. The molecule has 1 aliphatic heterocycles. The van der Waals surface area contributed by atoms with E-state index in [1.165, 1.54) is 19.1 Å². The zero-order chi connectivity index (χ0) is 16.7. The summed E-state index contributed by atoms with van der Waals surface area (Å²) in [5.74, 6) is -1.56. The highest BCUT2D eigenvalue weighted by Gasteiger charge is 2.55. The van der Waals surface area contributed by atoms with Crippen LogP contribution in [0.15, 0.2) is 24.3 Å². The second-order valence-corrected chi connectivity index (χ2v) is 6.32. The van der Waals surface area contributed by atoms with Crippen LogP contribution in [0.4, 0.5) is 14.9 Å². The highest BCUT2D eigenvalue weighted by atomic mass is 19.1. The van der Waals surface area contributed by atoms with Crippen LogP contribution in [0.1, 0.15) is 39.7 Å². The highest BCUT2D eigenvalue weighted by molar-refractivity contribution is 6.21. The number of para-hydroxylation sites is 1. The van der Waals surface area contributed by atoms with Gasteiger partial charge in [-0.05, 0) is 33.8 Å². The summed E-state index contributed by atoms with van der Waals surface area (Å²) in [5, 5.41) is 0. The van der Waals surface area contributed by atoms with E-state index in [0.717, 1.165) is 0 Å². The Balaban J connectivity index is 2.48. The zero-order valence-electron chi connectivity index (χ0n) is 13.0. The molecule has 0 aliphatic carbocycles. The van der Waals surface area contributed by atoms with E-state index in [9.17, 15) is 14.4 Å². The van der Waals surface area contributed by atoms with Crippen LogP contribution in [0.25, 0.3) is 0 Å². The number of benzene rings is 1. The maximum atomic E-state index is 15.2. The van der Waals surface area contributed by atoms with Crippen LogP contribution in [0.5, 0.6) is 0 Å². The normalized spacial score (nSPS) is 20.8. The van der Waals surface area contributed by atoms with E-state index in [0.29, 0.717) is 4.90 Å². The summed E-state index contributed by atoms with van der Waals surface area (Å²) in [4.78, 5) is 36.7. The van der Waals surface area contributed by atoms with E-state index in [4.69, 9.17) is 4.74 Å². The first kappa shape index (κ1) is 16.1. The SMILES string of the molecule is CC(=O)C[C@]1(F)C(=O)N(C(=O)OC(C)(C)C)c2ccccc21. The second kappa shape index (κ2) is 5.19. The van der Waals surface area contributed by atoms with E-state index in [1.54, 1.807) is 32.9 Å². The number of alkyl halides is 1. The molecular formula is C16H18FNO4. The number of hydrogen-bond acceptors (Lipinski definition) is 4. The van der Waals surface area contributed by atoms with Gasteiger partial charge in [-0.15, -0.1) is 0 Å². The average Bonchev–Trinajstić information content (AvgIpc) is 2.56. The van der Waals surface area contributed by atoms with Gasteiger partial charge in [-0.3, -0.25) is 9.59 Å². The number of nitrogens with zero attached hydrogens (tertiary/aromatic N) is 1. The molecule has 118 valence electrons. The molecule has 6 heteroatoms. The smallest absolute Gasteiger partial charge is 0.421 e. The monoisotopic (exact) mass is 307 g/mol. The van der Waals surface area contributed by atoms with Crippen molar-refractivity contribution in [2.75, 3.05) is 4.90 Å². The Morgan fingerprint density at radius 1 is 1.27 bits per heavy atom. The quantitative estimate of drug-likeness (QED) is 0.842. The molecule has 0 aromatic heterocycles. The van der Waals surface area contributed by atoms with Crippen molar-refractivity contribution < 1.29 is 23.5 Å². The predicted molar refractivity (Wildman–Crippen MR) is 78.2 cm³/mol. The molecule has 0 unspecified atom stereocenters. The van der Waals surface area contributed by atoms with E-state index in [2.05, 4.69) is 0 Å². The van der Waals surface area contributed by atoms with Gasteiger partial charge in [0.15, 0.2) is 0 Å². The van der Waals surface area contributed by atoms with Crippen molar-refractivity contribution in [3.63, 3.8) is 0 Å². The molecule has 2 rings (SSSR count). The van der Waals surface area contributed by atoms with Crippen LogP contribution in [0.3, 0.4) is 0 Å². The van der Waals surface area contributed by atoms with Gasteiger partial charge in [0.1, 0.15) is 11.4 Å². The molecule has 1 atom stereocenters. The third kappa shape index (κ3) is 2.73. The first-order chi connectivity index (χ1) is 10.1. The first-order valence-corrected chi connectivity index (χ1v) is 6.91. The number of ketones is 1. The fourth-order valence-electron chi connectivity index (χ4n) is 2.41. The molecular weight excluding hydrogens is 289 g/mol. The Kier molecular flexibility index (Phi) is 3.81. The van der Waals surface area contributed by atoms with Crippen LogP contribution < -0.4 is 4.90 Å². The Morgan fingerprint density at radius 3 is 2.41 bits per heavy atom. The summed E-state index contributed by atoms with van der Waals surface area (Å²) in [5.41, 5.74) is -3.22. The molecule has 1 aliphatic rings. The maximum Gasteiger partial charge on any atom is 0.421 e. The molecule has 0 saturated carbocycles. The Hall–Kier alpha value is -2.24. The minimum Gasteiger partial charge on any atom is -0.443 e. The Bertz CT molecular complexity index is 650. The van der Waals surface area contributed by atoms with E-state index in [1.807, 2.05) is 0 Å². The number of hydrogen-bond donors (Lipinski definition) is 0. The first-order valence-electron chi connectivity index (χ1n) is 6.91. The lowest BCUT2D eigenvalue weighted by Crippen LogP contribution is -2.44. The minimum atomic E-state index is -2.53. The number of halogens is 1. The third-order valence-corrected chi connectivity index (χ3v) is 3.18. The summed E-state index contributed by atoms with van der Waals surface area (Å²) in [6.07, 6.45) is -1.56. The number of anilines is 1. The van der Waals surface area contributed by atoms with Gasteiger partial charge in [0, 0.05) is 5.56 Å². The summed E-state index contributed by atoms with van der Waals surface area (Å²) in [7, 11) is 0. The molecule has 0 spiro atoms. The van der Waals surface area contributed by atoms with Crippen LogP contribution in [0, 0.1) is 0 Å². The van der Waals surface area contributed by atoms with Crippen molar-refractivity contribution in [3.8, 4) is 0 Å². The highest BCUT2D eigenvalue weighted by Crippen LogP contribution is 2.45. The number of amides is 2. The number of ether oxygens (including phenoxy) is 1. The second-order valence-electron chi connectivity index (χ2n) is 6.32. The van der Waals surface area contributed by atoms with Gasteiger partial charge in [-0.25, -0.2) is 14.1 Å². The van der Waals surface area contributed by atoms with Gasteiger partial charge in [0.25, 0.3) is 5.91 Å². The van der Waals surface area contributed by atoms with Crippen molar-refractivity contribution in [3.05, 3.63) is 29.8 Å². The fourth-order valence-corrected chi connectivity index (χ4v) is 2.41. The van der Waals surface area contributed by atoms with Crippen molar-refractivity contribution in [2.45, 2.75) is 45.4 Å². The number of carbonyl (C=O) groups is 3. The number of imide groups is 1. The molecule has 2 amide bonds. The van der Waals surface area contributed by atoms with Gasteiger partial charge in [0.2, 0.25) is 5.67 Å². The van der Waals surface area contributed by atoms with E-state index in [-0.39, 0.29) is 11.3 Å². The Morgan fingerprint density at radius 2 is 1.86 bits per heavy atom. The molecule has 0 bridgehead atoms. The van der Waals surface area contributed by atoms with Gasteiger partial charge in [-0.1, -0.05) is 18.2 Å². The lowest BCUT2D eigenvalue weighted by atomic mass is 9.92. The van der Waals surface area contributed by atoms with Gasteiger partial charge < -0.3 is 4.74 Å². The maximum absolute atomic E-state index is 15.2. The lowest BCUT2D eigenvalue weighted by Gasteiger charge is -2.24. The van der Waals surface area contributed by atoms with E-state index < -0.39 is 35.5 Å². The van der Waals surface area contributed by atoms with Crippen LogP contribution in [-0.4, -0.2) is 23.4 Å². The Labute approximate surface area is 128 Å². The van der Waals surface area contributed by atoms with Crippen LogP contribution in [-0.2, 0) is 20.0 Å². The average molecular weight is 307 g/mol. The third-order valence-electron chi connectivity index (χ3n) is 3.18. The number of carbonyl (C=O) groups excluding carboxylic acids is 3. The van der Waals surface area contributed by atoms with Gasteiger partial charge in [0.05, 0.1) is 12.1 Å². The molecule has 1 aromatic rings. The van der Waals surface area contributed by atoms with Gasteiger partial charge in [-0.2, -0.15) is 0 Å². The largest absolute Gasteiger partial charge is 0.443 e. The summed E-state index contributed by atoms with van der Waals surface area (Å²) in [6, 6.07) is 6.00. The topological polar surface area (TPSA) is 63.7 Å². The molecule has 0 saturated heterocycles. The van der Waals surface area contributed by atoms with Crippen LogP contribution in [0.2, 0.25) is 0 Å². The number of fused-ring (bicyclic) bond motifs is 1. The molecule has 22 heavy (non-hydrogen) atoms. The molecule has 1 heterocycles. The summed E-state index contributed by atoms with van der Waals surface area (Å²) in [6.45, 7) is 6.15. The molecule has 0 radical (unpaired) electrons. The molecule has 0 N–H and O–H groups in total. The van der Waals surface area contributed by atoms with Crippen molar-refractivity contribution in [1.82, 2.24) is 0 Å². The fraction of sp³-hybridized carbons (Fsp3) is 0.438. The minimum absolute atomic E-state index is 0.0149. The van der Waals surface area contributed by atoms with Crippen molar-refractivity contribution >= 4 is 23.5 Å². The zero-order valence-corrected chi connectivity index (χ0v) is 13.0. The number of rotatable bonds is 2. The number of Topliss-reactive ketones (excluding diaryl/α,β-unsaturated/α-hetero) is 1. The lowest BCUT2D eigenvalue weighted by molar-refractivity contribution is -0.134. The predicted octanol–water partition coefficient (Wildman–Crippen LogP) is 3.11. The summed E-state index contributed by atoms with van der Waals surface area (Å²) >= 11 is 0.